The maximum Gasteiger partial charge on any atom is 0.298 e. The van der Waals surface area contributed by atoms with E-state index in [0.717, 1.165) is 6.42 Å². The van der Waals surface area contributed by atoms with E-state index in [2.05, 4.69) is 27.9 Å². The number of hydrogen-bond donors (Lipinski definition) is 1. The standard InChI is InChI=1S/C30H26N8O3/c31-18-22-27(32)33-19-34-28(22)37-13-5-10-24(37)29-35-23-9-4-6-20(11-12-25(39)36-14-16-41-17-15-36)26(23)30(40)38(29)21-7-2-1-3-8-21/h1-4,6-9,19,24H,5,10,13-17H2,(H2,32,33,34)/t24-/m0/s1. The number of morpholine rings is 1. The lowest BCUT2D eigenvalue weighted by atomic mass is 10.1. The number of nitrogen functional groups attached to an aromatic ring is 1. The topological polar surface area (TPSA) is 143 Å². The van der Waals surface area contributed by atoms with E-state index in [1.165, 1.54) is 6.33 Å². The van der Waals surface area contributed by atoms with Crippen LogP contribution in [0.25, 0.3) is 16.6 Å². The number of nitriles is 1. The second kappa shape index (κ2) is 11.1. The van der Waals surface area contributed by atoms with E-state index in [1.54, 1.807) is 27.7 Å². The monoisotopic (exact) mass is 546 g/mol. The Morgan fingerprint density at radius 2 is 1.85 bits per heavy atom. The van der Waals surface area contributed by atoms with Crippen LogP contribution in [-0.4, -0.2) is 63.2 Å². The summed E-state index contributed by atoms with van der Waals surface area (Å²) < 4.78 is 6.92. The Labute approximate surface area is 235 Å². The zero-order valence-corrected chi connectivity index (χ0v) is 22.2. The van der Waals surface area contributed by atoms with Crippen LogP contribution in [0.1, 0.15) is 35.8 Å². The summed E-state index contributed by atoms with van der Waals surface area (Å²) >= 11 is 0. The first-order valence-electron chi connectivity index (χ1n) is 13.3. The number of carbonyl (C=O) groups is 1. The number of carbonyl (C=O) groups excluding carboxylic acids is 1. The molecule has 2 aromatic heterocycles. The van der Waals surface area contributed by atoms with Crippen molar-refractivity contribution in [1.82, 2.24) is 24.4 Å². The van der Waals surface area contributed by atoms with Crippen molar-refractivity contribution in [2.45, 2.75) is 18.9 Å². The second-order valence-electron chi connectivity index (χ2n) is 9.72. The molecule has 11 nitrogen and oxygen atoms in total. The highest BCUT2D eigenvalue weighted by atomic mass is 16.5. The molecule has 0 aliphatic carbocycles. The number of aromatic nitrogens is 4. The Balaban J connectivity index is 1.51. The molecule has 11 heteroatoms. The van der Waals surface area contributed by atoms with Crippen LogP contribution in [-0.2, 0) is 9.53 Å². The molecule has 2 aliphatic rings. The Morgan fingerprint density at radius 1 is 1.05 bits per heavy atom. The zero-order chi connectivity index (χ0) is 28.3. The van der Waals surface area contributed by atoms with Crippen LogP contribution in [0, 0.1) is 23.2 Å². The van der Waals surface area contributed by atoms with Gasteiger partial charge in [0.25, 0.3) is 11.5 Å². The number of anilines is 2. The molecule has 2 saturated heterocycles. The summed E-state index contributed by atoms with van der Waals surface area (Å²) in [6, 6.07) is 16.3. The lowest BCUT2D eigenvalue weighted by molar-refractivity contribution is -0.129. The Kier molecular flexibility index (Phi) is 7.02. The molecule has 0 bridgehead atoms. The number of nitrogens with zero attached hydrogens (tertiary/aromatic N) is 7. The normalized spacial score (nSPS) is 16.7. The van der Waals surface area contributed by atoms with E-state index in [4.69, 9.17) is 15.5 Å². The van der Waals surface area contributed by atoms with Crippen molar-refractivity contribution < 1.29 is 9.53 Å². The average Bonchev–Trinajstić information content (AvgIpc) is 3.50. The number of rotatable bonds is 3. The van der Waals surface area contributed by atoms with Gasteiger partial charge in [-0.2, -0.15) is 5.26 Å². The number of para-hydroxylation sites is 1. The fourth-order valence-electron chi connectivity index (χ4n) is 5.37. The summed E-state index contributed by atoms with van der Waals surface area (Å²) in [5.74, 6) is 6.36. The van der Waals surface area contributed by atoms with E-state index < -0.39 is 0 Å². The summed E-state index contributed by atoms with van der Waals surface area (Å²) in [5, 5.41) is 10.1. The molecule has 204 valence electrons. The summed E-state index contributed by atoms with van der Waals surface area (Å²) in [5.41, 5.74) is 7.43. The highest BCUT2D eigenvalue weighted by Gasteiger charge is 2.34. The molecule has 0 unspecified atom stereocenters. The third kappa shape index (κ3) is 4.84. The number of fused-ring (bicyclic) bond motifs is 1. The van der Waals surface area contributed by atoms with Crippen LogP contribution in [0.4, 0.5) is 11.6 Å². The van der Waals surface area contributed by atoms with E-state index >= 15 is 0 Å². The van der Waals surface area contributed by atoms with E-state index in [1.807, 2.05) is 35.2 Å². The number of benzene rings is 2. The van der Waals surface area contributed by atoms with Gasteiger partial charge in [0.15, 0.2) is 5.82 Å². The molecule has 4 heterocycles. The molecule has 0 radical (unpaired) electrons. The van der Waals surface area contributed by atoms with Crippen LogP contribution in [0.3, 0.4) is 0 Å². The third-order valence-electron chi connectivity index (χ3n) is 7.33. The fraction of sp³-hybridized carbons (Fsp3) is 0.267. The molecule has 2 aliphatic heterocycles. The van der Waals surface area contributed by atoms with Gasteiger partial charge in [-0.3, -0.25) is 14.2 Å². The SMILES string of the molecule is N#Cc1c(N)ncnc1N1CCC[C@H]1c1nc2cccc(C#CC(=O)N3CCOCC3)c2c(=O)n1-c1ccccc1. The van der Waals surface area contributed by atoms with Gasteiger partial charge in [-0.05, 0) is 37.1 Å². The van der Waals surface area contributed by atoms with Crippen molar-refractivity contribution in [1.29, 1.82) is 5.26 Å². The molecule has 4 aromatic rings. The Morgan fingerprint density at radius 3 is 2.63 bits per heavy atom. The van der Waals surface area contributed by atoms with E-state index in [9.17, 15) is 14.9 Å². The molecule has 1 amide bonds. The summed E-state index contributed by atoms with van der Waals surface area (Å²) in [6.07, 6.45) is 2.83. The third-order valence-corrected chi connectivity index (χ3v) is 7.33. The molecular weight excluding hydrogens is 520 g/mol. The minimum atomic E-state index is -0.355. The number of nitrogens with two attached hydrogens (primary N) is 1. The van der Waals surface area contributed by atoms with Gasteiger partial charge in [-0.15, -0.1) is 0 Å². The minimum absolute atomic E-state index is 0.102. The predicted molar refractivity (Wildman–Crippen MR) is 152 cm³/mol. The van der Waals surface area contributed by atoms with Gasteiger partial charge in [0, 0.05) is 31.1 Å². The van der Waals surface area contributed by atoms with Crippen LogP contribution in [0.15, 0.2) is 59.7 Å². The van der Waals surface area contributed by atoms with E-state index in [0.29, 0.717) is 73.1 Å². The van der Waals surface area contributed by atoms with Crippen LogP contribution in [0.2, 0.25) is 0 Å². The van der Waals surface area contributed by atoms with Crippen molar-refractivity contribution in [2.75, 3.05) is 43.5 Å². The van der Waals surface area contributed by atoms with Crippen LogP contribution in [0.5, 0.6) is 0 Å². The van der Waals surface area contributed by atoms with Crippen molar-refractivity contribution in [3.05, 3.63) is 82.2 Å². The molecule has 2 fully saturated rings. The van der Waals surface area contributed by atoms with Gasteiger partial charge in [0.2, 0.25) is 0 Å². The molecule has 6 rings (SSSR count). The smallest absolute Gasteiger partial charge is 0.298 e. The molecule has 1 atom stereocenters. The molecular formula is C30H26N8O3. The molecule has 0 spiro atoms. The van der Waals surface area contributed by atoms with Gasteiger partial charge >= 0.3 is 0 Å². The molecule has 0 saturated carbocycles. The Bertz CT molecular complexity index is 1800. The maximum atomic E-state index is 14.3. The highest BCUT2D eigenvalue weighted by molar-refractivity contribution is 5.95. The van der Waals surface area contributed by atoms with Crippen molar-refractivity contribution in [3.8, 4) is 23.6 Å². The lowest BCUT2D eigenvalue weighted by Crippen LogP contribution is -2.40. The summed E-state index contributed by atoms with van der Waals surface area (Å²) in [6.45, 7) is 2.53. The zero-order valence-electron chi connectivity index (χ0n) is 22.2. The van der Waals surface area contributed by atoms with Crippen molar-refractivity contribution in [3.63, 3.8) is 0 Å². The van der Waals surface area contributed by atoms with Gasteiger partial charge in [0.05, 0.1) is 35.8 Å². The van der Waals surface area contributed by atoms with Gasteiger partial charge in [0.1, 0.15) is 29.6 Å². The van der Waals surface area contributed by atoms with Crippen LogP contribution >= 0.6 is 0 Å². The van der Waals surface area contributed by atoms with E-state index in [-0.39, 0.29) is 28.9 Å². The quantitative estimate of drug-likeness (QED) is 0.382. The summed E-state index contributed by atoms with van der Waals surface area (Å²) in [4.78, 5) is 44.0. The minimum Gasteiger partial charge on any atom is -0.382 e. The van der Waals surface area contributed by atoms with Crippen molar-refractivity contribution in [2.24, 2.45) is 0 Å². The fourth-order valence-corrected chi connectivity index (χ4v) is 5.37. The number of hydrogen-bond acceptors (Lipinski definition) is 9. The average molecular weight is 547 g/mol. The molecule has 2 aromatic carbocycles. The maximum absolute atomic E-state index is 14.3. The van der Waals surface area contributed by atoms with Gasteiger partial charge in [-0.1, -0.05) is 30.2 Å². The summed E-state index contributed by atoms with van der Waals surface area (Å²) in [7, 11) is 0. The first-order valence-corrected chi connectivity index (χ1v) is 13.3. The first-order chi connectivity index (χ1) is 20.1. The molecule has 41 heavy (non-hydrogen) atoms. The Hall–Kier alpha value is -5.26. The lowest BCUT2D eigenvalue weighted by Gasteiger charge is -2.28. The highest BCUT2D eigenvalue weighted by Crippen LogP contribution is 2.37. The second-order valence-corrected chi connectivity index (χ2v) is 9.72. The number of ether oxygens (including phenoxy) is 1. The largest absolute Gasteiger partial charge is 0.382 e. The van der Waals surface area contributed by atoms with Gasteiger partial charge in [-0.25, -0.2) is 15.0 Å². The predicted octanol–water partition coefficient (Wildman–Crippen LogP) is 2.18. The van der Waals surface area contributed by atoms with Crippen molar-refractivity contribution >= 4 is 28.4 Å². The number of amides is 1. The first kappa shape index (κ1) is 26.0. The van der Waals surface area contributed by atoms with Crippen LogP contribution < -0.4 is 16.2 Å². The van der Waals surface area contributed by atoms with Gasteiger partial charge < -0.3 is 20.3 Å². The molecule has 2 N–H and O–H groups in total.